The van der Waals surface area contributed by atoms with Gasteiger partial charge in [-0.2, -0.15) is 0 Å². The number of nitrogens with zero attached hydrogens (tertiary/aromatic N) is 3. The minimum atomic E-state index is -0.128. The van der Waals surface area contributed by atoms with Crippen molar-refractivity contribution in [1.82, 2.24) is 9.97 Å². The Morgan fingerprint density at radius 1 is 1.30 bits per heavy atom. The molecular weight excluding hydrogens is 290 g/mol. The van der Waals surface area contributed by atoms with Gasteiger partial charge in [-0.25, -0.2) is 9.97 Å². The third-order valence-corrected chi connectivity index (χ3v) is 4.32. The van der Waals surface area contributed by atoms with Gasteiger partial charge in [0.2, 0.25) is 0 Å². The lowest BCUT2D eigenvalue weighted by Crippen LogP contribution is -2.21. The van der Waals surface area contributed by atoms with Crippen LogP contribution >= 0.6 is 0 Å². The van der Waals surface area contributed by atoms with Crippen molar-refractivity contribution >= 4 is 11.8 Å². The molecule has 1 atom stereocenters. The third-order valence-electron chi connectivity index (χ3n) is 4.32. The molecule has 23 heavy (non-hydrogen) atoms. The van der Waals surface area contributed by atoms with Gasteiger partial charge in [0.25, 0.3) is 0 Å². The summed E-state index contributed by atoms with van der Waals surface area (Å²) in [4.78, 5) is 22.3. The van der Waals surface area contributed by atoms with E-state index in [0.29, 0.717) is 12.3 Å². The van der Waals surface area contributed by atoms with Crippen molar-refractivity contribution in [2.24, 2.45) is 5.92 Å². The summed E-state index contributed by atoms with van der Waals surface area (Å²) < 4.78 is 4.71. The maximum Gasteiger partial charge on any atom is 0.305 e. The highest BCUT2D eigenvalue weighted by Gasteiger charge is 2.24. The maximum absolute atomic E-state index is 11.3. The first-order chi connectivity index (χ1) is 11.3. The van der Waals surface area contributed by atoms with Gasteiger partial charge in [-0.15, -0.1) is 0 Å². The molecular formula is C18H21N3O2. The lowest BCUT2D eigenvalue weighted by molar-refractivity contribution is -0.140. The predicted octanol–water partition coefficient (Wildman–Crippen LogP) is 2.92. The Morgan fingerprint density at radius 2 is 2.13 bits per heavy atom. The maximum atomic E-state index is 11.3. The molecule has 2 aromatic rings. The average molecular weight is 311 g/mol. The van der Waals surface area contributed by atoms with E-state index in [-0.39, 0.29) is 5.97 Å². The quantitative estimate of drug-likeness (QED) is 0.795. The second kappa shape index (κ2) is 7.22. The number of carbonyl (C=O) groups is 1. The van der Waals surface area contributed by atoms with Crippen LogP contribution in [0.1, 0.15) is 19.3 Å². The molecule has 0 spiro atoms. The van der Waals surface area contributed by atoms with Crippen molar-refractivity contribution in [1.29, 1.82) is 0 Å². The molecule has 1 aromatic heterocycles. The van der Waals surface area contributed by atoms with Gasteiger partial charge in [0, 0.05) is 31.1 Å². The number of ether oxygens (including phenoxy) is 1. The molecule has 2 heterocycles. The number of hydrogen-bond donors (Lipinski definition) is 0. The van der Waals surface area contributed by atoms with E-state index in [2.05, 4.69) is 27.0 Å². The third kappa shape index (κ3) is 3.86. The van der Waals surface area contributed by atoms with E-state index in [1.165, 1.54) is 7.11 Å². The molecule has 120 valence electrons. The molecule has 1 fully saturated rings. The highest BCUT2D eigenvalue weighted by Crippen LogP contribution is 2.27. The first-order valence-corrected chi connectivity index (χ1v) is 7.95. The Balaban J connectivity index is 1.65. The second-order valence-corrected chi connectivity index (χ2v) is 5.84. The topological polar surface area (TPSA) is 55.3 Å². The number of esters is 1. The molecule has 3 rings (SSSR count). The van der Waals surface area contributed by atoms with Gasteiger partial charge in [-0.3, -0.25) is 4.79 Å². The number of benzene rings is 1. The van der Waals surface area contributed by atoms with Crippen LogP contribution in [0.2, 0.25) is 0 Å². The second-order valence-electron chi connectivity index (χ2n) is 5.84. The molecule has 5 heteroatoms. The van der Waals surface area contributed by atoms with Crippen LogP contribution in [-0.4, -0.2) is 36.1 Å². The number of methoxy groups -OCH3 is 1. The average Bonchev–Trinajstić information content (AvgIpc) is 3.09. The zero-order valence-corrected chi connectivity index (χ0v) is 13.3. The van der Waals surface area contributed by atoms with E-state index in [1.807, 2.05) is 24.3 Å². The highest BCUT2D eigenvalue weighted by atomic mass is 16.5. The Kier molecular flexibility index (Phi) is 4.86. The summed E-state index contributed by atoms with van der Waals surface area (Å²) in [7, 11) is 1.44. The minimum Gasteiger partial charge on any atom is -0.469 e. The zero-order valence-electron chi connectivity index (χ0n) is 13.3. The monoisotopic (exact) mass is 311 g/mol. The summed E-state index contributed by atoms with van der Waals surface area (Å²) in [6, 6.07) is 12.2. The Labute approximate surface area is 136 Å². The molecule has 5 nitrogen and oxygen atoms in total. The number of rotatable bonds is 5. The fourth-order valence-electron chi connectivity index (χ4n) is 2.99. The van der Waals surface area contributed by atoms with E-state index in [4.69, 9.17) is 4.74 Å². The van der Waals surface area contributed by atoms with Crippen molar-refractivity contribution in [3.63, 3.8) is 0 Å². The SMILES string of the molecule is COC(=O)CCC1CCN(c2cc(-c3ccccc3)ncn2)C1. The van der Waals surface area contributed by atoms with Crippen LogP contribution in [0.15, 0.2) is 42.7 Å². The fraction of sp³-hybridized carbons (Fsp3) is 0.389. The molecule has 1 aliphatic rings. The molecule has 0 aliphatic carbocycles. The zero-order chi connectivity index (χ0) is 16.1. The molecule has 0 N–H and O–H groups in total. The van der Waals surface area contributed by atoms with Crippen molar-refractivity contribution in [2.45, 2.75) is 19.3 Å². The van der Waals surface area contributed by atoms with Crippen molar-refractivity contribution in [2.75, 3.05) is 25.1 Å². The molecule has 1 unspecified atom stereocenters. The Bertz CT molecular complexity index is 660. The Morgan fingerprint density at radius 3 is 2.91 bits per heavy atom. The van der Waals surface area contributed by atoms with Gasteiger partial charge >= 0.3 is 5.97 Å². The molecule has 1 saturated heterocycles. The Hall–Kier alpha value is -2.43. The highest BCUT2D eigenvalue weighted by molar-refractivity contribution is 5.69. The first kappa shape index (κ1) is 15.5. The molecule has 0 saturated carbocycles. The van der Waals surface area contributed by atoms with Crippen LogP contribution in [0.25, 0.3) is 11.3 Å². The predicted molar refractivity (Wildman–Crippen MR) is 89.0 cm³/mol. The number of aromatic nitrogens is 2. The van der Waals surface area contributed by atoms with E-state index in [1.54, 1.807) is 6.33 Å². The van der Waals surface area contributed by atoms with Crippen molar-refractivity contribution in [3.05, 3.63) is 42.7 Å². The van der Waals surface area contributed by atoms with Crippen LogP contribution in [-0.2, 0) is 9.53 Å². The molecule has 1 aromatic carbocycles. The smallest absolute Gasteiger partial charge is 0.305 e. The van der Waals surface area contributed by atoms with Crippen LogP contribution in [0, 0.1) is 5.92 Å². The van der Waals surface area contributed by atoms with Crippen LogP contribution in [0.5, 0.6) is 0 Å². The van der Waals surface area contributed by atoms with Gasteiger partial charge in [-0.05, 0) is 18.8 Å². The van der Waals surface area contributed by atoms with Gasteiger partial charge in [0.15, 0.2) is 0 Å². The summed E-state index contributed by atoms with van der Waals surface area (Å²) >= 11 is 0. The van der Waals surface area contributed by atoms with Gasteiger partial charge < -0.3 is 9.64 Å². The summed E-state index contributed by atoms with van der Waals surface area (Å²) in [6.07, 6.45) is 4.08. The van der Waals surface area contributed by atoms with Gasteiger partial charge in [-0.1, -0.05) is 30.3 Å². The normalized spacial score (nSPS) is 17.3. The lowest BCUT2D eigenvalue weighted by Gasteiger charge is -2.18. The summed E-state index contributed by atoms with van der Waals surface area (Å²) in [6.45, 7) is 1.90. The van der Waals surface area contributed by atoms with Gasteiger partial charge in [0.1, 0.15) is 12.1 Å². The number of anilines is 1. The van der Waals surface area contributed by atoms with E-state index in [0.717, 1.165) is 43.0 Å². The van der Waals surface area contributed by atoms with Gasteiger partial charge in [0.05, 0.1) is 12.8 Å². The fourth-order valence-corrected chi connectivity index (χ4v) is 2.99. The molecule has 0 amide bonds. The summed E-state index contributed by atoms with van der Waals surface area (Å²) in [5.74, 6) is 1.35. The summed E-state index contributed by atoms with van der Waals surface area (Å²) in [5.41, 5.74) is 2.03. The first-order valence-electron chi connectivity index (χ1n) is 7.95. The lowest BCUT2D eigenvalue weighted by atomic mass is 10.0. The number of carbonyl (C=O) groups excluding carboxylic acids is 1. The van der Waals surface area contributed by atoms with Crippen LogP contribution in [0.3, 0.4) is 0 Å². The van der Waals surface area contributed by atoms with E-state index < -0.39 is 0 Å². The standard InChI is InChI=1S/C18H21N3O2/c1-23-18(22)8-7-14-9-10-21(12-14)17-11-16(19-13-20-17)15-5-3-2-4-6-15/h2-6,11,13-14H,7-10,12H2,1H3. The minimum absolute atomic E-state index is 0.128. The molecule has 0 bridgehead atoms. The number of hydrogen-bond acceptors (Lipinski definition) is 5. The van der Waals surface area contributed by atoms with Crippen molar-refractivity contribution in [3.8, 4) is 11.3 Å². The summed E-state index contributed by atoms with van der Waals surface area (Å²) in [5, 5.41) is 0. The van der Waals surface area contributed by atoms with Crippen LogP contribution in [0.4, 0.5) is 5.82 Å². The largest absolute Gasteiger partial charge is 0.469 e. The van der Waals surface area contributed by atoms with Crippen molar-refractivity contribution < 1.29 is 9.53 Å². The molecule has 1 aliphatic heterocycles. The van der Waals surface area contributed by atoms with Crippen LogP contribution < -0.4 is 4.90 Å². The van der Waals surface area contributed by atoms with E-state index >= 15 is 0 Å². The van der Waals surface area contributed by atoms with E-state index in [9.17, 15) is 4.79 Å². The molecule has 0 radical (unpaired) electrons.